The van der Waals surface area contributed by atoms with Gasteiger partial charge in [-0.1, -0.05) is 6.92 Å². The highest BCUT2D eigenvalue weighted by atomic mass is 16.1. The number of rotatable bonds is 3. The van der Waals surface area contributed by atoms with Crippen LogP contribution < -0.4 is 10.9 Å². The summed E-state index contributed by atoms with van der Waals surface area (Å²) in [5.41, 5.74) is 0.189. The van der Waals surface area contributed by atoms with Crippen LogP contribution in [-0.4, -0.2) is 21.0 Å². The quantitative estimate of drug-likeness (QED) is 0.898. The van der Waals surface area contributed by atoms with Crippen LogP contribution in [0.3, 0.4) is 0 Å². The maximum Gasteiger partial charge on any atom is 0.274 e. The van der Waals surface area contributed by atoms with Crippen LogP contribution >= 0.6 is 0 Å². The number of hydrogen-bond donors (Lipinski definition) is 2. The molecule has 108 valence electrons. The Morgan fingerprint density at radius 3 is 3.10 bits per heavy atom. The average Bonchev–Trinajstić information content (AvgIpc) is 2.95. The molecule has 0 unspecified atom stereocenters. The van der Waals surface area contributed by atoms with Gasteiger partial charge in [-0.2, -0.15) is 5.26 Å². The number of H-pyrrole nitrogens is 1. The summed E-state index contributed by atoms with van der Waals surface area (Å²) >= 11 is 0. The first-order valence-corrected chi connectivity index (χ1v) is 7.27. The fourth-order valence-electron chi connectivity index (χ4n) is 2.85. The van der Waals surface area contributed by atoms with E-state index in [1.54, 1.807) is 12.3 Å². The van der Waals surface area contributed by atoms with Gasteiger partial charge < -0.3 is 10.3 Å². The van der Waals surface area contributed by atoms with Gasteiger partial charge in [0.05, 0.1) is 12.0 Å². The summed E-state index contributed by atoms with van der Waals surface area (Å²) in [5, 5.41) is 13.3. The van der Waals surface area contributed by atoms with Crippen molar-refractivity contribution in [3.63, 3.8) is 0 Å². The highest BCUT2D eigenvalue weighted by molar-refractivity contribution is 5.88. The molecule has 2 atom stereocenters. The molecule has 0 amide bonds. The zero-order valence-electron chi connectivity index (χ0n) is 11.9. The zero-order valence-corrected chi connectivity index (χ0v) is 11.9. The van der Waals surface area contributed by atoms with Crippen LogP contribution in [0.2, 0.25) is 0 Å². The van der Waals surface area contributed by atoms with Gasteiger partial charge in [0.1, 0.15) is 17.2 Å². The molecule has 2 heterocycles. The summed E-state index contributed by atoms with van der Waals surface area (Å²) in [6.45, 7) is 1.95. The fraction of sp³-hybridized carbons (Fsp3) is 0.467. The standard InChI is InChI=1S/C15H17N5O/c1-2-12-19-13-10(6-7-17-15(13)21)14(20-12)18-11-5-3-4-9(11)8-16/h6-7,9,11H,2-5H2,1H3,(H,17,21)(H,18,19,20)/t9-,11-/m0/s1. The van der Waals surface area contributed by atoms with Crippen LogP contribution in [0.25, 0.3) is 10.9 Å². The Kier molecular flexibility index (Phi) is 3.57. The van der Waals surface area contributed by atoms with Crippen LogP contribution in [-0.2, 0) is 6.42 Å². The topological polar surface area (TPSA) is 94.5 Å². The molecule has 1 aliphatic rings. The van der Waals surface area contributed by atoms with E-state index in [1.807, 2.05) is 6.92 Å². The molecular weight excluding hydrogens is 266 g/mol. The molecular formula is C15H17N5O. The molecule has 6 nitrogen and oxygen atoms in total. The molecule has 3 rings (SSSR count). The SMILES string of the molecule is CCc1nc(N[C@H]2CCC[C@H]2C#N)c2cc[nH]c(=O)c2n1. The molecule has 2 N–H and O–H groups in total. The number of nitrogens with zero attached hydrogens (tertiary/aromatic N) is 3. The first-order chi connectivity index (χ1) is 10.2. The van der Waals surface area contributed by atoms with E-state index in [-0.39, 0.29) is 17.5 Å². The Bertz CT molecular complexity index is 761. The van der Waals surface area contributed by atoms with Crippen molar-refractivity contribution in [1.82, 2.24) is 15.0 Å². The molecule has 0 bridgehead atoms. The molecule has 0 aromatic carbocycles. The van der Waals surface area contributed by atoms with Crippen LogP contribution in [0, 0.1) is 17.2 Å². The number of anilines is 1. The maximum absolute atomic E-state index is 11.9. The van der Waals surface area contributed by atoms with Gasteiger partial charge in [-0.05, 0) is 25.3 Å². The van der Waals surface area contributed by atoms with Crippen LogP contribution in [0.15, 0.2) is 17.1 Å². The number of nitriles is 1. The Hall–Kier alpha value is -2.42. The summed E-state index contributed by atoms with van der Waals surface area (Å²) in [6.07, 6.45) is 5.17. The molecule has 0 spiro atoms. The van der Waals surface area contributed by atoms with Crippen molar-refractivity contribution < 1.29 is 0 Å². The second kappa shape index (κ2) is 5.52. The lowest BCUT2D eigenvalue weighted by atomic mass is 10.1. The lowest BCUT2D eigenvalue weighted by Crippen LogP contribution is -2.24. The summed E-state index contributed by atoms with van der Waals surface area (Å²) < 4.78 is 0. The molecule has 0 saturated heterocycles. The molecule has 0 aliphatic heterocycles. The zero-order chi connectivity index (χ0) is 14.8. The van der Waals surface area contributed by atoms with E-state index in [2.05, 4.69) is 26.3 Å². The normalized spacial score (nSPS) is 21.3. The summed E-state index contributed by atoms with van der Waals surface area (Å²) in [6, 6.07) is 4.24. The van der Waals surface area contributed by atoms with E-state index in [0.717, 1.165) is 19.3 Å². The molecule has 1 aliphatic carbocycles. The van der Waals surface area contributed by atoms with Gasteiger partial charge in [-0.15, -0.1) is 0 Å². The van der Waals surface area contributed by atoms with Crippen LogP contribution in [0.1, 0.15) is 32.0 Å². The Morgan fingerprint density at radius 2 is 2.33 bits per heavy atom. The van der Waals surface area contributed by atoms with Crippen molar-refractivity contribution in [3.05, 3.63) is 28.4 Å². The predicted octanol–water partition coefficient (Wildman–Crippen LogP) is 1.98. The monoisotopic (exact) mass is 283 g/mol. The molecule has 0 radical (unpaired) electrons. The number of aromatic nitrogens is 3. The lowest BCUT2D eigenvalue weighted by molar-refractivity contribution is 0.627. The van der Waals surface area contributed by atoms with Gasteiger partial charge in [-0.25, -0.2) is 9.97 Å². The van der Waals surface area contributed by atoms with Crippen molar-refractivity contribution in [2.75, 3.05) is 5.32 Å². The van der Waals surface area contributed by atoms with Gasteiger partial charge in [0.15, 0.2) is 0 Å². The maximum atomic E-state index is 11.9. The molecule has 2 aromatic rings. The number of hydrogen-bond acceptors (Lipinski definition) is 5. The van der Waals surface area contributed by atoms with Crippen molar-refractivity contribution in [3.8, 4) is 6.07 Å². The predicted molar refractivity (Wildman–Crippen MR) is 79.9 cm³/mol. The van der Waals surface area contributed by atoms with E-state index in [1.165, 1.54) is 0 Å². The third-order valence-corrected chi connectivity index (χ3v) is 3.99. The van der Waals surface area contributed by atoms with Crippen molar-refractivity contribution >= 4 is 16.7 Å². The number of nitrogens with one attached hydrogen (secondary N) is 2. The van der Waals surface area contributed by atoms with E-state index in [4.69, 9.17) is 0 Å². The van der Waals surface area contributed by atoms with E-state index < -0.39 is 0 Å². The number of fused-ring (bicyclic) bond motifs is 1. The minimum absolute atomic E-state index is 0.00193. The van der Waals surface area contributed by atoms with Crippen molar-refractivity contribution in [2.45, 2.75) is 38.6 Å². The van der Waals surface area contributed by atoms with Gasteiger partial charge in [0.25, 0.3) is 5.56 Å². The third kappa shape index (κ3) is 2.47. The average molecular weight is 283 g/mol. The van der Waals surface area contributed by atoms with Gasteiger partial charge in [0, 0.05) is 24.0 Å². The molecule has 1 fully saturated rings. The second-order valence-corrected chi connectivity index (χ2v) is 5.33. The highest BCUT2D eigenvalue weighted by Crippen LogP contribution is 2.29. The largest absolute Gasteiger partial charge is 0.365 e. The first kappa shape index (κ1) is 13.6. The number of pyridine rings is 1. The van der Waals surface area contributed by atoms with Crippen molar-refractivity contribution in [1.29, 1.82) is 5.26 Å². The minimum atomic E-state index is -0.212. The first-order valence-electron chi connectivity index (χ1n) is 7.27. The van der Waals surface area contributed by atoms with E-state index in [0.29, 0.717) is 29.0 Å². The highest BCUT2D eigenvalue weighted by Gasteiger charge is 2.28. The van der Waals surface area contributed by atoms with Gasteiger partial charge in [0.2, 0.25) is 0 Å². The molecule has 21 heavy (non-hydrogen) atoms. The molecule has 6 heteroatoms. The van der Waals surface area contributed by atoms with Crippen molar-refractivity contribution in [2.24, 2.45) is 5.92 Å². The van der Waals surface area contributed by atoms with Crippen LogP contribution in [0.5, 0.6) is 0 Å². The number of aromatic amines is 1. The lowest BCUT2D eigenvalue weighted by Gasteiger charge is -2.17. The second-order valence-electron chi connectivity index (χ2n) is 5.33. The smallest absolute Gasteiger partial charge is 0.274 e. The van der Waals surface area contributed by atoms with Gasteiger partial charge >= 0.3 is 0 Å². The van der Waals surface area contributed by atoms with Gasteiger partial charge in [-0.3, -0.25) is 4.79 Å². The fourth-order valence-corrected chi connectivity index (χ4v) is 2.85. The molecule has 1 saturated carbocycles. The summed E-state index contributed by atoms with van der Waals surface area (Å²) in [7, 11) is 0. The summed E-state index contributed by atoms with van der Waals surface area (Å²) in [5.74, 6) is 1.30. The minimum Gasteiger partial charge on any atom is -0.365 e. The Balaban J connectivity index is 2.07. The Labute approximate surface area is 122 Å². The third-order valence-electron chi connectivity index (χ3n) is 3.99. The van der Waals surface area contributed by atoms with E-state index >= 15 is 0 Å². The summed E-state index contributed by atoms with van der Waals surface area (Å²) in [4.78, 5) is 23.4. The number of aryl methyl sites for hydroxylation is 1. The Morgan fingerprint density at radius 1 is 1.48 bits per heavy atom. The van der Waals surface area contributed by atoms with Crippen LogP contribution in [0.4, 0.5) is 5.82 Å². The molecule has 2 aromatic heterocycles. The van der Waals surface area contributed by atoms with E-state index in [9.17, 15) is 10.1 Å².